The fourth-order valence-corrected chi connectivity index (χ4v) is 2.55. The molecule has 0 amide bonds. The zero-order valence-electron chi connectivity index (χ0n) is 11.2. The molecule has 0 aliphatic heterocycles. The van der Waals surface area contributed by atoms with Gasteiger partial charge in [0.15, 0.2) is 5.15 Å². The van der Waals surface area contributed by atoms with E-state index in [1.54, 1.807) is 6.20 Å². The lowest BCUT2D eigenvalue weighted by molar-refractivity contribution is 0.870. The van der Waals surface area contributed by atoms with Crippen molar-refractivity contribution in [2.45, 2.75) is 26.8 Å². The second-order valence-corrected chi connectivity index (χ2v) is 5.99. The van der Waals surface area contributed by atoms with E-state index in [2.05, 4.69) is 65.2 Å². The summed E-state index contributed by atoms with van der Waals surface area (Å²) in [7, 11) is 0. The first kappa shape index (κ1) is 14.4. The number of nitrogens with one attached hydrogen (secondary N) is 1. The molecular formula is C15H16BrClN2. The monoisotopic (exact) mass is 338 g/mol. The normalized spacial score (nSPS) is 12.3. The highest BCUT2D eigenvalue weighted by Crippen LogP contribution is 2.28. The van der Waals surface area contributed by atoms with Crippen molar-refractivity contribution >= 4 is 33.2 Å². The Hall–Kier alpha value is -1.06. The van der Waals surface area contributed by atoms with Gasteiger partial charge in [-0.1, -0.05) is 35.4 Å². The summed E-state index contributed by atoms with van der Waals surface area (Å²) in [5, 5.41) is 3.90. The van der Waals surface area contributed by atoms with E-state index in [-0.39, 0.29) is 6.04 Å². The fourth-order valence-electron chi connectivity index (χ4n) is 2.06. The molecule has 100 valence electrons. The predicted octanol–water partition coefficient (Wildman–Crippen LogP) is 5.29. The molecule has 0 aliphatic carbocycles. The number of nitrogens with zero attached hydrogens (tertiary/aromatic N) is 1. The van der Waals surface area contributed by atoms with Gasteiger partial charge in [0.1, 0.15) is 0 Å². The van der Waals surface area contributed by atoms with Gasteiger partial charge in [-0.05, 0) is 53.9 Å². The number of halogens is 2. The van der Waals surface area contributed by atoms with Gasteiger partial charge in [-0.3, -0.25) is 0 Å². The molecule has 1 aromatic carbocycles. The molecule has 1 atom stereocenters. The molecule has 1 heterocycles. The summed E-state index contributed by atoms with van der Waals surface area (Å²) in [5.74, 6) is 0. The first-order valence-corrected chi connectivity index (χ1v) is 7.29. The molecule has 2 rings (SSSR count). The summed E-state index contributed by atoms with van der Waals surface area (Å²) in [6.07, 6.45) is 1.69. The summed E-state index contributed by atoms with van der Waals surface area (Å²) in [6.45, 7) is 6.34. The zero-order chi connectivity index (χ0) is 14.0. The molecule has 0 saturated carbocycles. The number of hydrogen-bond acceptors (Lipinski definition) is 2. The average Bonchev–Trinajstić information content (AvgIpc) is 2.36. The molecular weight excluding hydrogens is 324 g/mol. The third-order valence-corrected chi connectivity index (χ3v) is 3.81. The molecule has 4 heteroatoms. The Labute approximate surface area is 127 Å². The minimum Gasteiger partial charge on any atom is -0.376 e. The molecule has 0 spiro atoms. The molecule has 0 saturated heterocycles. The SMILES string of the molecule is Cc1ccc(C)c(C(C)Nc2cc(Br)cnc2Cl)c1. The van der Waals surface area contributed by atoms with Crippen molar-refractivity contribution in [3.05, 3.63) is 56.8 Å². The van der Waals surface area contributed by atoms with E-state index in [0.29, 0.717) is 5.15 Å². The van der Waals surface area contributed by atoms with Gasteiger partial charge in [0.25, 0.3) is 0 Å². The molecule has 0 bridgehead atoms. The van der Waals surface area contributed by atoms with Crippen LogP contribution < -0.4 is 5.32 Å². The lowest BCUT2D eigenvalue weighted by Gasteiger charge is -2.19. The number of rotatable bonds is 3. The van der Waals surface area contributed by atoms with Crippen molar-refractivity contribution < 1.29 is 0 Å². The highest BCUT2D eigenvalue weighted by molar-refractivity contribution is 9.10. The van der Waals surface area contributed by atoms with Crippen LogP contribution in [0.2, 0.25) is 5.15 Å². The van der Waals surface area contributed by atoms with Crippen LogP contribution in [-0.2, 0) is 0 Å². The Morgan fingerprint density at radius 2 is 2.00 bits per heavy atom. The van der Waals surface area contributed by atoms with Crippen molar-refractivity contribution in [2.24, 2.45) is 0 Å². The van der Waals surface area contributed by atoms with Crippen molar-refractivity contribution in [2.75, 3.05) is 5.32 Å². The molecule has 2 nitrogen and oxygen atoms in total. The van der Waals surface area contributed by atoms with E-state index >= 15 is 0 Å². The molecule has 1 N–H and O–H groups in total. The van der Waals surface area contributed by atoms with Gasteiger partial charge in [-0.2, -0.15) is 0 Å². The van der Waals surface area contributed by atoms with Gasteiger partial charge in [-0.25, -0.2) is 4.98 Å². The summed E-state index contributed by atoms with van der Waals surface area (Å²) >= 11 is 9.51. The second kappa shape index (κ2) is 5.93. The number of aromatic nitrogens is 1. The lowest BCUT2D eigenvalue weighted by Crippen LogP contribution is -2.09. The van der Waals surface area contributed by atoms with Gasteiger partial charge in [0, 0.05) is 16.7 Å². The predicted molar refractivity (Wildman–Crippen MR) is 84.9 cm³/mol. The maximum absolute atomic E-state index is 6.10. The Kier molecular flexibility index (Phi) is 4.48. The number of hydrogen-bond donors (Lipinski definition) is 1. The highest BCUT2D eigenvalue weighted by atomic mass is 79.9. The maximum Gasteiger partial charge on any atom is 0.152 e. The third kappa shape index (κ3) is 3.48. The van der Waals surface area contributed by atoms with Gasteiger partial charge >= 0.3 is 0 Å². The van der Waals surface area contributed by atoms with Gasteiger partial charge in [0.05, 0.1) is 5.69 Å². The first-order valence-electron chi connectivity index (χ1n) is 6.12. The van der Waals surface area contributed by atoms with Crippen LogP contribution in [0, 0.1) is 13.8 Å². The Morgan fingerprint density at radius 1 is 1.26 bits per heavy atom. The van der Waals surface area contributed by atoms with E-state index in [4.69, 9.17) is 11.6 Å². The van der Waals surface area contributed by atoms with Crippen LogP contribution in [0.15, 0.2) is 34.9 Å². The highest BCUT2D eigenvalue weighted by Gasteiger charge is 2.11. The van der Waals surface area contributed by atoms with E-state index < -0.39 is 0 Å². The Balaban J connectivity index is 2.27. The van der Waals surface area contributed by atoms with Gasteiger partial charge in [0.2, 0.25) is 0 Å². The maximum atomic E-state index is 6.10. The third-order valence-electron chi connectivity index (χ3n) is 3.08. The standard InChI is InChI=1S/C15H16BrClN2/c1-9-4-5-10(2)13(6-9)11(3)19-14-7-12(16)8-18-15(14)17/h4-8,11,19H,1-3H3. The largest absolute Gasteiger partial charge is 0.376 e. The van der Waals surface area contributed by atoms with Gasteiger partial charge < -0.3 is 5.32 Å². The Morgan fingerprint density at radius 3 is 2.74 bits per heavy atom. The molecule has 19 heavy (non-hydrogen) atoms. The summed E-state index contributed by atoms with van der Waals surface area (Å²) in [5.41, 5.74) is 4.64. The van der Waals surface area contributed by atoms with E-state index in [9.17, 15) is 0 Å². The number of benzene rings is 1. The van der Waals surface area contributed by atoms with E-state index in [0.717, 1.165) is 10.2 Å². The lowest BCUT2D eigenvalue weighted by atomic mass is 10.00. The number of anilines is 1. The van der Waals surface area contributed by atoms with E-state index in [1.807, 2.05) is 6.07 Å². The van der Waals surface area contributed by atoms with Crippen molar-refractivity contribution in [3.8, 4) is 0 Å². The molecule has 0 radical (unpaired) electrons. The second-order valence-electron chi connectivity index (χ2n) is 4.72. The van der Waals surface area contributed by atoms with Crippen LogP contribution in [0.5, 0.6) is 0 Å². The van der Waals surface area contributed by atoms with Crippen molar-refractivity contribution in [3.63, 3.8) is 0 Å². The molecule has 2 aromatic rings. The quantitative estimate of drug-likeness (QED) is 0.769. The summed E-state index contributed by atoms with van der Waals surface area (Å²) in [4.78, 5) is 4.12. The fraction of sp³-hybridized carbons (Fsp3) is 0.267. The first-order chi connectivity index (χ1) is 8.97. The van der Waals surface area contributed by atoms with Crippen LogP contribution in [0.3, 0.4) is 0 Å². The van der Waals surface area contributed by atoms with Crippen molar-refractivity contribution in [1.29, 1.82) is 0 Å². The molecule has 1 aromatic heterocycles. The van der Waals surface area contributed by atoms with Crippen LogP contribution >= 0.6 is 27.5 Å². The van der Waals surface area contributed by atoms with E-state index in [1.165, 1.54) is 16.7 Å². The zero-order valence-corrected chi connectivity index (χ0v) is 13.5. The van der Waals surface area contributed by atoms with Crippen molar-refractivity contribution in [1.82, 2.24) is 4.98 Å². The van der Waals surface area contributed by atoms with Crippen LogP contribution in [0.4, 0.5) is 5.69 Å². The van der Waals surface area contributed by atoms with Crippen LogP contribution in [-0.4, -0.2) is 4.98 Å². The molecule has 0 fully saturated rings. The molecule has 0 aliphatic rings. The smallest absolute Gasteiger partial charge is 0.152 e. The summed E-state index contributed by atoms with van der Waals surface area (Å²) < 4.78 is 0.910. The minimum absolute atomic E-state index is 0.175. The Bertz CT molecular complexity index is 599. The molecule has 1 unspecified atom stereocenters. The number of aryl methyl sites for hydroxylation is 2. The minimum atomic E-state index is 0.175. The van der Waals surface area contributed by atoms with Crippen LogP contribution in [0.1, 0.15) is 29.7 Å². The van der Waals surface area contributed by atoms with Crippen LogP contribution in [0.25, 0.3) is 0 Å². The topological polar surface area (TPSA) is 24.9 Å². The number of pyridine rings is 1. The summed E-state index contributed by atoms with van der Waals surface area (Å²) in [6, 6.07) is 8.58. The van der Waals surface area contributed by atoms with Gasteiger partial charge in [-0.15, -0.1) is 0 Å². The average molecular weight is 340 g/mol.